The van der Waals surface area contributed by atoms with Crippen LogP contribution in [0.4, 0.5) is 17.2 Å². The van der Waals surface area contributed by atoms with E-state index in [0.29, 0.717) is 33.7 Å². The van der Waals surface area contributed by atoms with Gasteiger partial charge in [0.05, 0.1) is 36.8 Å². The van der Waals surface area contributed by atoms with E-state index in [1.54, 1.807) is 12.1 Å². The predicted octanol–water partition coefficient (Wildman–Crippen LogP) is 3.13. The first-order chi connectivity index (χ1) is 9.55. The number of nitrogens with zero attached hydrogens (tertiary/aromatic N) is 2. The molecule has 0 aliphatic rings. The van der Waals surface area contributed by atoms with Crippen LogP contribution in [0.25, 0.3) is 0 Å². The minimum Gasteiger partial charge on any atom is -0.495 e. The summed E-state index contributed by atoms with van der Waals surface area (Å²) in [6.45, 7) is 0. The van der Waals surface area contributed by atoms with Gasteiger partial charge in [0, 0.05) is 12.1 Å². The lowest BCUT2D eigenvalue weighted by atomic mass is 10.2. The number of anilines is 3. The minimum absolute atomic E-state index is 0.0848. The van der Waals surface area contributed by atoms with Crippen LogP contribution < -0.4 is 20.5 Å². The highest BCUT2D eigenvalue weighted by atomic mass is 35.5. The highest BCUT2D eigenvalue weighted by Crippen LogP contribution is 2.37. The van der Waals surface area contributed by atoms with E-state index in [1.807, 2.05) is 0 Å². The third kappa shape index (κ3) is 2.97. The number of nitrogen functional groups attached to an aromatic ring is 1. The van der Waals surface area contributed by atoms with E-state index >= 15 is 0 Å². The van der Waals surface area contributed by atoms with Crippen molar-refractivity contribution < 1.29 is 9.47 Å². The summed E-state index contributed by atoms with van der Waals surface area (Å²) in [5, 5.41) is 3.53. The van der Waals surface area contributed by atoms with E-state index in [0.717, 1.165) is 0 Å². The third-order valence-corrected chi connectivity index (χ3v) is 2.99. The number of halogens is 2. The topological polar surface area (TPSA) is 82.3 Å². The van der Waals surface area contributed by atoms with Crippen LogP contribution in [-0.4, -0.2) is 24.2 Å². The number of hydrogen-bond donors (Lipinski definition) is 2. The summed E-state index contributed by atoms with van der Waals surface area (Å²) in [6, 6.07) is 3.30. The molecule has 0 fully saturated rings. The van der Waals surface area contributed by atoms with Crippen molar-refractivity contribution in [2.24, 2.45) is 0 Å². The molecule has 8 heteroatoms. The number of nitrogens with two attached hydrogens (primary N) is 1. The van der Waals surface area contributed by atoms with Crippen molar-refractivity contribution in [1.29, 1.82) is 0 Å². The summed E-state index contributed by atoms with van der Waals surface area (Å²) in [5.41, 5.74) is 6.73. The first-order valence-electron chi connectivity index (χ1n) is 5.51. The molecule has 0 saturated heterocycles. The maximum atomic E-state index is 6.04. The van der Waals surface area contributed by atoms with Crippen molar-refractivity contribution >= 4 is 40.4 Å². The van der Waals surface area contributed by atoms with Crippen LogP contribution in [0.15, 0.2) is 18.3 Å². The number of benzene rings is 1. The molecule has 1 aromatic heterocycles. The average molecular weight is 315 g/mol. The van der Waals surface area contributed by atoms with Gasteiger partial charge in [-0.15, -0.1) is 0 Å². The second-order valence-corrected chi connectivity index (χ2v) is 4.50. The second-order valence-electron chi connectivity index (χ2n) is 3.76. The van der Waals surface area contributed by atoms with Gasteiger partial charge in [-0.05, 0) is 11.6 Å². The third-order valence-electron chi connectivity index (χ3n) is 2.51. The van der Waals surface area contributed by atoms with Crippen molar-refractivity contribution in [3.8, 4) is 11.5 Å². The quantitative estimate of drug-likeness (QED) is 0.844. The lowest BCUT2D eigenvalue weighted by Crippen LogP contribution is -2.02. The lowest BCUT2D eigenvalue weighted by molar-refractivity contribution is 0.405. The molecular weight excluding hydrogens is 303 g/mol. The number of methoxy groups -OCH3 is 2. The Bertz CT molecular complexity index is 637. The van der Waals surface area contributed by atoms with Crippen molar-refractivity contribution in [2.45, 2.75) is 0 Å². The molecule has 0 aliphatic carbocycles. The molecule has 2 aromatic rings. The first-order valence-corrected chi connectivity index (χ1v) is 6.27. The summed E-state index contributed by atoms with van der Waals surface area (Å²) >= 11 is 11.8. The zero-order chi connectivity index (χ0) is 14.7. The van der Waals surface area contributed by atoms with Gasteiger partial charge < -0.3 is 20.5 Å². The Balaban J connectivity index is 2.44. The van der Waals surface area contributed by atoms with Crippen LogP contribution in [0.1, 0.15) is 0 Å². The molecule has 0 radical (unpaired) electrons. The summed E-state index contributed by atoms with van der Waals surface area (Å²) in [4.78, 5) is 7.79. The van der Waals surface area contributed by atoms with Gasteiger partial charge in [-0.1, -0.05) is 11.6 Å². The molecule has 0 aliphatic heterocycles. The van der Waals surface area contributed by atoms with Crippen molar-refractivity contribution in [3.63, 3.8) is 0 Å². The molecule has 0 saturated carbocycles. The fourth-order valence-electron chi connectivity index (χ4n) is 1.56. The van der Waals surface area contributed by atoms with Crippen LogP contribution in [0.2, 0.25) is 10.3 Å². The van der Waals surface area contributed by atoms with Crippen LogP contribution in [0.5, 0.6) is 11.5 Å². The number of ether oxygens (including phenoxy) is 2. The highest BCUT2D eigenvalue weighted by molar-refractivity contribution is 6.32. The number of nitrogens with one attached hydrogen (secondary N) is 1. The van der Waals surface area contributed by atoms with Gasteiger partial charge in [-0.3, -0.25) is 0 Å². The fourth-order valence-corrected chi connectivity index (χ4v) is 1.92. The van der Waals surface area contributed by atoms with E-state index < -0.39 is 0 Å². The SMILES string of the molecule is COc1cc(Nc2nc(Cl)ncc2N)c(OC)cc1Cl. The predicted molar refractivity (Wildman–Crippen MR) is 79.3 cm³/mol. The Hall–Kier alpha value is -1.92. The zero-order valence-corrected chi connectivity index (χ0v) is 12.3. The highest BCUT2D eigenvalue weighted by Gasteiger charge is 2.12. The maximum Gasteiger partial charge on any atom is 0.224 e. The Morgan fingerprint density at radius 1 is 1.15 bits per heavy atom. The Labute approximate surface area is 125 Å². The van der Waals surface area contributed by atoms with Crippen LogP contribution in [-0.2, 0) is 0 Å². The average Bonchev–Trinajstić information content (AvgIpc) is 2.44. The number of rotatable bonds is 4. The monoisotopic (exact) mass is 314 g/mol. The van der Waals surface area contributed by atoms with E-state index in [2.05, 4.69) is 15.3 Å². The fraction of sp³-hybridized carbons (Fsp3) is 0.167. The number of hydrogen-bond acceptors (Lipinski definition) is 6. The molecule has 0 unspecified atom stereocenters. The largest absolute Gasteiger partial charge is 0.495 e. The van der Waals surface area contributed by atoms with Gasteiger partial charge in [0.25, 0.3) is 0 Å². The Kier molecular flexibility index (Phi) is 4.36. The molecule has 1 heterocycles. The summed E-state index contributed by atoms with van der Waals surface area (Å²) in [7, 11) is 3.05. The molecule has 0 atom stereocenters. The smallest absolute Gasteiger partial charge is 0.224 e. The molecule has 0 amide bonds. The van der Waals surface area contributed by atoms with Gasteiger partial charge in [0.2, 0.25) is 5.28 Å². The van der Waals surface area contributed by atoms with Gasteiger partial charge >= 0.3 is 0 Å². The molecule has 2 rings (SSSR count). The number of aromatic nitrogens is 2. The minimum atomic E-state index is 0.0848. The zero-order valence-electron chi connectivity index (χ0n) is 10.8. The van der Waals surface area contributed by atoms with E-state index in [9.17, 15) is 0 Å². The van der Waals surface area contributed by atoms with Gasteiger partial charge in [-0.25, -0.2) is 4.98 Å². The molecule has 6 nitrogen and oxygen atoms in total. The van der Waals surface area contributed by atoms with Crippen LogP contribution in [0, 0.1) is 0 Å². The Morgan fingerprint density at radius 3 is 2.50 bits per heavy atom. The molecule has 0 spiro atoms. The van der Waals surface area contributed by atoms with Crippen LogP contribution >= 0.6 is 23.2 Å². The Morgan fingerprint density at radius 2 is 1.85 bits per heavy atom. The van der Waals surface area contributed by atoms with E-state index in [4.69, 9.17) is 38.4 Å². The van der Waals surface area contributed by atoms with E-state index in [-0.39, 0.29) is 5.28 Å². The summed E-state index contributed by atoms with van der Waals surface area (Å²) in [6.07, 6.45) is 1.41. The maximum absolute atomic E-state index is 6.04. The molecule has 3 N–H and O–H groups in total. The normalized spacial score (nSPS) is 10.2. The first kappa shape index (κ1) is 14.5. The van der Waals surface area contributed by atoms with Crippen molar-refractivity contribution in [3.05, 3.63) is 28.6 Å². The second kappa shape index (κ2) is 6.02. The van der Waals surface area contributed by atoms with Crippen molar-refractivity contribution in [1.82, 2.24) is 9.97 Å². The molecule has 0 bridgehead atoms. The standard InChI is InChI=1S/C12H12Cl2N4O2/c1-19-9-4-8(10(20-2)3-6(9)13)17-11-7(15)5-16-12(14)18-11/h3-5H,15H2,1-2H3,(H,16,17,18). The molecule has 20 heavy (non-hydrogen) atoms. The lowest BCUT2D eigenvalue weighted by Gasteiger charge is -2.14. The van der Waals surface area contributed by atoms with Crippen molar-refractivity contribution in [2.75, 3.05) is 25.3 Å². The van der Waals surface area contributed by atoms with Gasteiger partial charge in [0.15, 0.2) is 5.82 Å². The molecule has 106 valence electrons. The van der Waals surface area contributed by atoms with Gasteiger partial charge in [-0.2, -0.15) is 4.98 Å². The molecule has 1 aromatic carbocycles. The van der Waals surface area contributed by atoms with E-state index in [1.165, 1.54) is 20.4 Å². The molecular formula is C12H12Cl2N4O2. The summed E-state index contributed by atoms with van der Waals surface area (Å²) in [5.74, 6) is 1.38. The summed E-state index contributed by atoms with van der Waals surface area (Å²) < 4.78 is 10.4. The van der Waals surface area contributed by atoms with Crippen LogP contribution in [0.3, 0.4) is 0 Å². The van der Waals surface area contributed by atoms with Gasteiger partial charge in [0.1, 0.15) is 11.5 Å².